The molecule has 0 bridgehead atoms. The molecule has 2 aromatic carbocycles. The van der Waals surface area contributed by atoms with E-state index in [9.17, 15) is 4.39 Å². The van der Waals surface area contributed by atoms with Crippen molar-refractivity contribution < 1.29 is 4.39 Å². The number of benzene rings is 2. The molecule has 0 spiro atoms. The van der Waals surface area contributed by atoms with Gasteiger partial charge in [-0.2, -0.15) is 5.26 Å². The number of thioether (sulfide) groups is 1. The topological polar surface area (TPSA) is 35.8 Å². The first-order valence-corrected chi connectivity index (χ1v) is 7.70. The largest absolute Gasteiger partial charge is 0.313 e. The Balaban J connectivity index is 2.10. The highest BCUT2D eigenvalue weighted by molar-refractivity contribution is 7.98. The third-order valence-electron chi connectivity index (χ3n) is 3.28. The van der Waals surface area contributed by atoms with Crippen molar-refractivity contribution in [3.8, 4) is 6.07 Å². The highest BCUT2D eigenvalue weighted by Crippen LogP contribution is 2.26. The summed E-state index contributed by atoms with van der Waals surface area (Å²) in [5.74, 6) is 0.284. The number of nitriles is 1. The summed E-state index contributed by atoms with van der Waals surface area (Å²) in [6.07, 6.45) is 0. The molecule has 21 heavy (non-hydrogen) atoms. The van der Waals surface area contributed by atoms with Gasteiger partial charge in [0.15, 0.2) is 0 Å². The molecule has 0 heterocycles. The van der Waals surface area contributed by atoms with Gasteiger partial charge in [-0.25, -0.2) is 4.39 Å². The fraction of sp³-hybridized carbons (Fsp3) is 0.235. The molecule has 2 aromatic rings. The second kappa shape index (κ2) is 7.26. The minimum atomic E-state index is -0.359. The third kappa shape index (κ3) is 4.32. The van der Waals surface area contributed by atoms with E-state index in [1.165, 1.54) is 17.7 Å². The number of halogens is 1. The summed E-state index contributed by atoms with van der Waals surface area (Å²) in [7, 11) is 1.93. The van der Waals surface area contributed by atoms with Crippen LogP contribution in [0.5, 0.6) is 0 Å². The Morgan fingerprint density at radius 1 is 1.29 bits per heavy atom. The zero-order valence-electron chi connectivity index (χ0n) is 12.1. The van der Waals surface area contributed by atoms with Crippen molar-refractivity contribution in [2.45, 2.75) is 23.6 Å². The van der Waals surface area contributed by atoms with Crippen LogP contribution in [-0.2, 0) is 5.75 Å². The monoisotopic (exact) mass is 300 g/mol. The smallest absolute Gasteiger partial charge is 0.124 e. The summed E-state index contributed by atoms with van der Waals surface area (Å²) in [4.78, 5) is 1.14. The molecule has 108 valence electrons. The van der Waals surface area contributed by atoms with Gasteiger partial charge < -0.3 is 5.32 Å². The predicted molar refractivity (Wildman–Crippen MR) is 84.6 cm³/mol. The number of rotatable bonds is 5. The van der Waals surface area contributed by atoms with Crippen molar-refractivity contribution in [2.24, 2.45) is 0 Å². The van der Waals surface area contributed by atoms with E-state index < -0.39 is 0 Å². The Morgan fingerprint density at radius 3 is 2.81 bits per heavy atom. The molecule has 0 saturated carbocycles. The van der Waals surface area contributed by atoms with Crippen LogP contribution in [0.25, 0.3) is 0 Å². The predicted octanol–water partition coefficient (Wildman–Crippen LogP) is 4.27. The summed E-state index contributed by atoms with van der Waals surface area (Å²) in [6.45, 7) is 2.11. The minimum absolute atomic E-state index is 0.296. The van der Waals surface area contributed by atoms with Gasteiger partial charge in [-0.3, -0.25) is 0 Å². The molecule has 4 heteroatoms. The first-order valence-electron chi connectivity index (χ1n) is 6.72. The zero-order valence-corrected chi connectivity index (χ0v) is 12.9. The molecular formula is C17H17FN2S. The van der Waals surface area contributed by atoms with Crippen LogP contribution in [0.1, 0.15) is 29.7 Å². The van der Waals surface area contributed by atoms with Gasteiger partial charge in [0.2, 0.25) is 0 Å². The molecule has 2 nitrogen and oxygen atoms in total. The third-order valence-corrected chi connectivity index (χ3v) is 4.35. The molecule has 0 fully saturated rings. The van der Waals surface area contributed by atoms with Crippen LogP contribution in [0.15, 0.2) is 47.4 Å². The van der Waals surface area contributed by atoms with Gasteiger partial charge in [-0.15, -0.1) is 11.8 Å². The van der Waals surface area contributed by atoms with E-state index in [0.717, 1.165) is 10.5 Å². The number of hydrogen-bond donors (Lipinski definition) is 1. The fourth-order valence-electron chi connectivity index (χ4n) is 2.01. The lowest BCUT2D eigenvalue weighted by atomic mass is 10.1. The van der Waals surface area contributed by atoms with Gasteiger partial charge in [0.05, 0.1) is 11.6 Å². The zero-order chi connectivity index (χ0) is 15.2. The molecule has 0 aliphatic heterocycles. The lowest BCUT2D eigenvalue weighted by Crippen LogP contribution is -2.11. The Kier molecular flexibility index (Phi) is 5.38. The van der Waals surface area contributed by atoms with Crippen molar-refractivity contribution in [3.63, 3.8) is 0 Å². The van der Waals surface area contributed by atoms with E-state index in [2.05, 4.69) is 24.4 Å². The summed E-state index contributed by atoms with van der Waals surface area (Å²) in [5, 5.41) is 12.1. The molecule has 1 N–H and O–H groups in total. The maximum atomic E-state index is 13.4. The van der Waals surface area contributed by atoms with Crippen molar-refractivity contribution >= 4 is 11.8 Å². The van der Waals surface area contributed by atoms with Crippen molar-refractivity contribution in [1.82, 2.24) is 5.32 Å². The molecule has 0 saturated heterocycles. The van der Waals surface area contributed by atoms with Gasteiger partial charge in [0, 0.05) is 16.7 Å². The van der Waals surface area contributed by atoms with Crippen molar-refractivity contribution in [1.29, 1.82) is 5.26 Å². The van der Waals surface area contributed by atoms with Crippen LogP contribution in [0, 0.1) is 17.1 Å². The molecule has 0 amide bonds. The normalized spacial score (nSPS) is 11.9. The summed E-state index contributed by atoms with van der Waals surface area (Å²) in [5.41, 5.74) is 2.41. The highest BCUT2D eigenvalue weighted by Gasteiger charge is 2.05. The molecule has 1 atom stereocenters. The van der Waals surface area contributed by atoms with Crippen LogP contribution >= 0.6 is 11.8 Å². The van der Waals surface area contributed by atoms with Gasteiger partial charge >= 0.3 is 0 Å². The second-order valence-corrected chi connectivity index (χ2v) is 5.88. The maximum Gasteiger partial charge on any atom is 0.124 e. The van der Waals surface area contributed by atoms with Gasteiger partial charge in [0.1, 0.15) is 5.82 Å². The van der Waals surface area contributed by atoms with Crippen LogP contribution in [0.4, 0.5) is 4.39 Å². The van der Waals surface area contributed by atoms with E-state index in [0.29, 0.717) is 17.4 Å². The molecule has 0 radical (unpaired) electrons. The van der Waals surface area contributed by atoms with E-state index in [1.807, 2.05) is 25.2 Å². The Hall–Kier alpha value is -1.83. The van der Waals surface area contributed by atoms with Gasteiger partial charge in [-0.1, -0.05) is 12.1 Å². The van der Waals surface area contributed by atoms with Crippen LogP contribution in [0.3, 0.4) is 0 Å². The maximum absolute atomic E-state index is 13.4. The SMILES string of the molecule is CNC(C)c1cccc(SCc2cc(F)cc(C#N)c2)c1. The van der Waals surface area contributed by atoms with Crippen LogP contribution in [-0.4, -0.2) is 7.05 Å². The molecule has 0 aliphatic carbocycles. The van der Waals surface area contributed by atoms with Crippen LogP contribution < -0.4 is 5.32 Å². The van der Waals surface area contributed by atoms with E-state index >= 15 is 0 Å². The Morgan fingerprint density at radius 2 is 2.10 bits per heavy atom. The molecule has 2 rings (SSSR count). The van der Waals surface area contributed by atoms with Crippen molar-refractivity contribution in [3.05, 3.63) is 65.0 Å². The quantitative estimate of drug-likeness (QED) is 0.838. The van der Waals surface area contributed by atoms with Crippen LogP contribution in [0.2, 0.25) is 0 Å². The fourth-order valence-corrected chi connectivity index (χ4v) is 2.90. The lowest BCUT2D eigenvalue weighted by molar-refractivity contribution is 0.626. The average molecular weight is 300 g/mol. The first kappa shape index (κ1) is 15.6. The Labute approximate surface area is 129 Å². The van der Waals surface area contributed by atoms with E-state index in [-0.39, 0.29) is 5.82 Å². The second-order valence-electron chi connectivity index (χ2n) is 4.83. The van der Waals surface area contributed by atoms with Crippen molar-refractivity contribution in [2.75, 3.05) is 7.05 Å². The number of nitrogens with zero attached hydrogens (tertiary/aromatic N) is 1. The van der Waals surface area contributed by atoms with E-state index in [1.54, 1.807) is 17.8 Å². The minimum Gasteiger partial charge on any atom is -0.313 e. The molecular weight excluding hydrogens is 283 g/mol. The summed E-state index contributed by atoms with van der Waals surface area (Å²) < 4.78 is 13.4. The summed E-state index contributed by atoms with van der Waals surface area (Å²) in [6, 6.07) is 15.0. The molecule has 0 aliphatic rings. The highest BCUT2D eigenvalue weighted by atomic mass is 32.2. The number of hydrogen-bond acceptors (Lipinski definition) is 3. The Bertz CT molecular complexity index is 664. The van der Waals surface area contributed by atoms with Gasteiger partial charge in [-0.05, 0) is 55.4 Å². The first-order chi connectivity index (χ1) is 10.1. The average Bonchev–Trinajstić information content (AvgIpc) is 2.51. The van der Waals surface area contributed by atoms with E-state index in [4.69, 9.17) is 5.26 Å². The standard InChI is InChI=1S/C17H17FN2S/c1-12(20-2)15-4-3-5-17(9-15)21-11-14-6-13(10-19)7-16(18)8-14/h3-9,12,20H,11H2,1-2H3. The van der Waals surface area contributed by atoms with Gasteiger partial charge in [0.25, 0.3) is 0 Å². The molecule has 1 unspecified atom stereocenters. The summed E-state index contributed by atoms with van der Waals surface area (Å²) >= 11 is 1.64. The molecule has 0 aromatic heterocycles. The number of nitrogens with one attached hydrogen (secondary N) is 1. The lowest BCUT2D eigenvalue weighted by Gasteiger charge is -2.12.